The van der Waals surface area contributed by atoms with E-state index in [9.17, 15) is 4.79 Å². The number of aliphatic hydroxyl groups excluding tert-OH is 1. The Hall–Kier alpha value is -0.570. The highest BCUT2D eigenvalue weighted by atomic mass is 16.5. The lowest BCUT2D eigenvalue weighted by Crippen LogP contribution is -2.17. The predicted octanol–water partition coefficient (Wildman–Crippen LogP) is 3.25. The smallest absolute Gasteiger partial charge is 0.302 e. The van der Waals surface area contributed by atoms with Gasteiger partial charge in [0.2, 0.25) is 0 Å². The molecule has 0 aromatic carbocycles. The summed E-state index contributed by atoms with van der Waals surface area (Å²) in [6.45, 7) is 4.78. The van der Waals surface area contributed by atoms with E-state index in [1.165, 1.54) is 6.92 Å². The Labute approximate surface area is 90.5 Å². The Morgan fingerprint density at radius 1 is 1.21 bits per heavy atom. The van der Waals surface area contributed by atoms with Gasteiger partial charge in [0.1, 0.15) is 6.10 Å². The van der Waals surface area contributed by atoms with Crippen LogP contribution in [0, 0.1) is 0 Å². The third kappa shape index (κ3) is 22.5. The maximum atomic E-state index is 10.3. The van der Waals surface area contributed by atoms with E-state index in [1.807, 2.05) is 0 Å². The van der Waals surface area contributed by atoms with Crippen LogP contribution >= 0.6 is 0 Å². The Balaban J connectivity index is -0.0000000675. The van der Waals surface area contributed by atoms with Gasteiger partial charge >= 0.3 is 5.97 Å². The van der Waals surface area contributed by atoms with Crippen molar-refractivity contribution in [2.24, 2.45) is 0 Å². The maximum Gasteiger partial charge on any atom is 0.302 e. The summed E-state index contributed by atoms with van der Waals surface area (Å²) < 4.78 is 4.76. The molecule has 0 saturated heterocycles. The summed E-state index contributed by atoms with van der Waals surface area (Å²) in [4.78, 5) is 10.3. The number of carbonyl (C=O) groups excluding carboxylic acids is 1. The number of esters is 1. The van der Waals surface area contributed by atoms with Crippen LogP contribution in [0.1, 0.15) is 56.9 Å². The predicted molar refractivity (Wildman–Crippen MR) is 64.4 cm³/mol. The minimum atomic E-state index is -0.408. The van der Waals surface area contributed by atoms with E-state index < -0.39 is 6.10 Å². The summed E-state index contributed by atoms with van der Waals surface area (Å²) in [5, 5.41) is 8.84. The third-order valence-electron chi connectivity index (χ3n) is 1.04. The minimum Gasteiger partial charge on any atom is -0.463 e. The molecule has 3 heteroatoms. The largest absolute Gasteiger partial charge is 0.463 e. The monoisotopic (exact) mass is 210 g/mol. The fourth-order valence-electron chi connectivity index (χ4n) is 0.812. The molecule has 1 N–H and O–H groups in total. The number of rotatable bonds is 3. The molecule has 0 aliphatic heterocycles. The van der Waals surface area contributed by atoms with E-state index in [2.05, 4.69) is 0 Å². The van der Waals surface area contributed by atoms with E-state index in [1.54, 1.807) is 13.8 Å². The van der Waals surface area contributed by atoms with E-state index in [4.69, 9.17) is 9.84 Å². The van der Waals surface area contributed by atoms with Crippen LogP contribution in [0.25, 0.3) is 0 Å². The Kier molecular flexibility index (Phi) is 31.1. The molecule has 0 bridgehead atoms. The third-order valence-corrected chi connectivity index (χ3v) is 1.04. The molecule has 0 radical (unpaired) electrons. The fourth-order valence-corrected chi connectivity index (χ4v) is 0.812. The lowest BCUT2D eigenvalue weighted by Gasteiger charge is -2.12. The molecule has 0 heterocycles. The standard InChI is InChI=1S/C7H14O3.4CH4/c1-5(8)4-6(2)10-7(3)9;;;;/h5-6,8H,4H2,1-3H3;4*1H4. The van der Waals surface area contributed by atoms with E-state index >= 15 is 0 Å². The zero-order valence-electron chi connectivity index (χ0n) is 6.63. The van der Waals surface area contributed by atoms with Crippen molar-refractivity contribution < 1.29 is 14.6 Å². The van der Waals surface area contributed by atoms with Crippen LogP contribution in [0.2, 0.25) is 0 Å². The lowest BCUT2D eigenvalue weighted by atomic mass is 10.2. The summed E-state index contributed by atoms with van der Waals surface area (Å²) in [5.74, 6) is -0.298. The second-order valence-electron chi connectivity index (χ2n) is 2.50. The summed E-state index contributed by atoms with van der Waals surface area (Å²) in [6, 6.07) is 0. The topological polar surface area (TPSA) is 46.5 Å². The highest BCUT2D eigenvalue weighted by molar-refractivity contribution is 5.66. The van der Waals surface area contributed by atoms with Gasteiger partial charge in [-0.2, -0.15) is 0 Å². The molecule has 0 rings (SSSR count). The van der Waals surface area contributed by atoms with E-state index in [-0.39, 0.29) is 41.8 Å². The number of ether oxygens (including phenoxy) is 1. The Morgan fingerprint density at radius 2 is 1.57 bits per heavy atom. The maximum absolute atomic E-state index is 10.3. The Bertz CT molecular complexity index is 111. The van der Waals surface area contributed by atoms with Crippen molar-refractivity contribution in [2.75, 3.05) is 0 Å². The van der Waals surface area contributed by atoms with Crippen LogP contribution in [-0.4, -0.2) is 23.3 Å². The van der Waals surface area contributed by atoms with Crippen LogP contribution in [0.5, 0.6) is 0 Å². The van der Waals surface area contributed by atoms with Gasteiger partial charge < -0.3 is 9.84 Å². The van der Waals surface area contributed by atoms with Gasteiger partial charge in [-0.25, -0.2) is 0 Å². The van der Waals surface area contributed by atoms with Crippen LogP contribution in [-0.2, 0) is 9.53 Å². The number of carbonyl (C=O) groups is 1. The summed E-state index contributed by atoms with van der Waals surface area (Å²) in [6.07, 6.45) is -0.0913. The molecule has 0 amide bonds. The first-order valence-electron chi connectivity index (χ1n) is 3.37. The molecule has 0 spiro atoms. The second kappa shape index (κ2) is 14.9. The zero-order valence-corrected chi connectivity index (χ0v) is 6.63. The first-order chi connectivity index (χ1) is 4.52. The first kappa shape index (κ1) is 29.2. The summed E-state index contributed by atoms with van der Waals surface area (Å²) >= 11 is 0. The van der Waals surface area contributed by atoms with Gasteiger partial charge in [-0.05, 0) is 13.8 Å². The quantitative estimate of drug-likeness (QED) is 0.727. The van der Waals surface area contributed by atoms with Crippen molar-refractivity contribution in [3.8, 4) is 0 Å². The van der Waals surface area contributed by atoms with E-state index in [0.717, 1.165) is 0 Å². The number of hydrogen-bond acceptors (Lipinski definition) is 3. The van der Waals surface area contributed by atoms with Crippen LogP contribution in [0.4, 0.5) is 0 Å². The number of aliphatic hydroxyl groups is 1. The molecule has 3 nitrogen and oxygen atoms in total. The van der Waals surface area contributed by atoms with Gasteiger partial charge in [-0.3, -0.25) is 4.79 Å². The van der Waals surface area contributed by atoms with Gasteiger partial charge in [0, 0.05) is 13.3 Å². The summed E-state index contributed by atoms with van der Waals surface area (Å²) in [5.41, 5.74) is 0. The molecule has 2 unspecified atom stereocenters. The van der Waals surface area contributed by atoms with Crippen LogP contribution in [0.15, 0.2) is 0 Å². The molecule has 92 valence electrons. The lowest BCUT2D eigenvalue weighted by molar-refractivity contribution is -0.146. The minimum absolute atomic E-state index is 0. The van der Waals surface area contributed by atoms with Crippen molar-refractivity contribution in [1.29, 1.82) is 0 Å². The van der Waals surface area contributed by atoms with Crippen LogP contribution in [0.3, 0.4) is 0 Å². The van der Waals surface area contributed by atoms with Gasteiger partial charge in [-0.1, -0.05) is 29.7 Å². The SMILES string of the molecule is C.C.C.C.CC(=O)OC(C)CC(C)O. The van der Waals surface area contributed by atoms with Gasteiger partial charge in [-0.15, -0.1) is 0 Å². The van der Waals surface area contributed by atoms with Crippen molar-refractivity contribution >= 4 is 5.97 Å². The van der Waals surface area contributed by atoms with Crippen molar-refractivity contribution in [3.63, 3.8) is 0 Å². The highest BCUT2D eigenvalue weighted by Crippen LogP contribution is 2.01. The second-order valence-corrected chi connectivity index (χ2v) is 2.50. The zero-order chi connectivity index (χ0) is 8.15. The van der Waals surface area contributed by atoms with Crippen molar-refractivity contribution in [2.45, 2.75) is 69.1 Å². The molecule has 2 atom stereocenters. The average molecular weight is 210 g/mol. The van der Waals surface area contributed by atoms with Gasteiger partial charge in [0.25, 0.3) is 0 Å². The molecule has 0 aliphatic rings. The van der Waals surface area contributed by atoms with Gasteiger partial charge in [0.15, 0.2) is 0 Å². The molecule has 0 fully saturated rings. The van der Waals surface area contributed by atoms with Crippen molar-refractivity contribution in [3.05, 3.63) is 0 Å². The summed E-state index contributed by atoms with van der Waals surface area (Å²) in [7, 11) is 0. The van der Waals surface area contributed by atoms with Crippen LogP contribution < -0.4 is 0 Å². The molecular weight excluding hydrogens is 180 g/mol. The molecule has 0 saturated carbocycles. The average Bonchev–Trinajstić information content (AvgIpc) is 1.58. The van der Waals surface area contributed by atoms with Gasteiger partial charge in [0.05, 0.1) is 6.10 Å². The van der Waals surface area contributed by atoms with Crippen molar-refractivity contribution in [1.82, 2.24) is 0 Å². The normalized spacial score (nSPS) is 11.4. The molecular formula is C11H30O3. The molecule has 0 aromatic rings. The van der Waals surface area contributed by atoms with E-state index in [0.29, 0.717) is 6.42 Å². The molecule has 14 heavy (non-hydrogen) atoms. The first-order valence-corrected chi connectivity index (χ1v) is 3.37. The Morgan fingerprint density at radius 3 is 1.79 bits per heavy atom. The molecule has 0 aliphatic carbocycles. The molecule has 0 aromatic heterocycles. The highest BCUT2D eigenvalue weighted by Gasteiger charge is 2.07. The fraction of sp³-hybridized carbons (Fsp3) is 0.909. The number of hydrogen-bond donors (Lipinski definition) is 1.